The van der Waals surface area contributed by atoms with Crippen LogP contribution in [0, 0.1) is 0 Å². The first-order valence-electron chi connectivity index (χ1n) is 5.66. The number of methoxy groups -OCH3 is 2. The summed E-state index contributed by atoms with van der Waals surface area (Å²) in [5.41, 5.74) is 7.19. The molecule has 1 saturated carbocycles. The minimum absolute atomic E-state index is 0.0181. The molecule has 1 fully saturated rings. The molecule has 1 aromatic rings. The van der Waals surface area contributed by atoms with E-state index in [1.54, 1.807) is 14.2 Å². The number of benzene rings is 1. The monoisotopic (exact) mass is 299 g/mol. The molecular weight excluding hydrogens is 282 g/mol. The van der Waals surface area contributed by atoms with E-state index >= 15 is 0 Å². The maximum absolute atomic E-state index is 5.95. The van der Waals surface area contributed by atoms with Crippen molar-refractivity contribution in [1.29, 1.82) is 0 Å². The summed E-state index contributed by atoms with van der Waals surface area (Å²) in [6.45, 7) is 0.609. The Balaban J connectivity index is 2.25. The SMILES string of the molecule is COC1(OC)CC(CN)(c2cccc(Br)c2)C1. The number of ether oxygens (including phenoxy) is 2. The van der Waals surface area contributed by atoms with Gasteiger partial charge < -0.3 is 15.2 Å². The van der Waals surface area contributed by atoms with Gasteiger partial charge in [0.15, 0.2) is 5.79 Å². The number of hydrogen-bond donors (Lipinski definition) is 1. The highest BCUT2D eigenvalue weighted by Crippen LogP contribution is 2.52. The van der Waals surface area contributed by atoms with Crippen molar-refractivity contribution in [1.82, 2.24) is 0 Å². The Morgan fingerprint density at radius 3 is 2.41 bits per heavy atom. The molecule has 17 heavy (non-hydrogen) atoms. The second kappa shape index (κ2) is 4.69. The van der Waals surface area contributed by atoms with Crippen LogP contribution in [-0.2, 0) is 14.9 Å². The zero-order chi connectivity index (χ0) is 12.5. The molecule has 0 amide bonds. The van der Waals surface area contributed by atoms with Crippen LogP contribution in [0.4, 0.5) is 0 Å². The Hall–Kier alpha value is -0.420. The molecule has 4 heteroatoms. The van der Waals surface area contributed by atoms with Crippen molar-refractivity contribution in [3.63, 3.8) is 0 Å². The second-order valence-electron chi connectivity index (χ2n) is 4.67. The average molecular weight is 300 g/mol. The van der Waals surface area contributed by atoms with Crippen molar-refractivity contribution >= 4 is 15.9 Å². The standard InChI is InChI=1S/C13H18BrNO2/c1-16-13(17-2)7-12(8-13,9-15)10-4-3-5-11(14)6-10/h3-6H,7-9,15H2,1-2H3. The van der Waals surface area contributed by atoms with E-state index in [0.29, 0.717) is 6.54 Å². The highest BCUT2D eigenvalue weighted by molar-refractivity contribution is 9.10. The van der Waals surface area contributed by atoms with E-state index in [-0.39, 0.29) is 5.41 Å². The van der Waals surface area contributed by atoms with Crippen molar-refractivity contribution in [2.24, 2.45) is 5.73 Å². The Kier molecular flexibility index (Phi) is 3.59. The molecule has 0 bridgehead atoms. The van der Waals surface area contributed by atoms with Gasteiger partial charge in [-0.15, -0.1) is 0 Å². The summed E-state index contributed by atoms with van der Waals surface area (Å²) in [4.78, 5) is 0. The van der Waals surface area contributed by atoms with E-state index in [2.05, 4.69) is 28.1 Å². The third-order valence-electron chi connectivity index (χ3n) is 3.79. The Morgan fingerprint density at radius 2 is 1.94 bits per heavy atom. The normalized spacial score (nSPS) is 20.9. The van der Waals surface area contributed by atoms with Crippen LogP contribution in [0.1, 0.15) is 18.4 Å². The number of halogens is 1. The molecule has 0 unspecified atom stereocenters. The van der Waals surface area contributed by atoms with E-state index in [4.69, 9.17) is 15.2 Å². The molecule has 2 N–H and O–H groups in total. The lowest BCUT2D eigenvalue weighted by Gasteiger charge is -2.54. The van der Waals surface area contributed by atoms with E-state index in [1.165, 1.54) is 5.56 Å². The molecule has 0 aliphatic heterocycles. The van der Waals surface area contributed by atoms with Gasteiger partial charge in [0.2, 0.25) is 0 Å². The summed E-state index contributed by atoms with van der Waals surface area (Å²) in [6, 6.07) is 8.30. The average Bonchev–Trinajstić information content (AvgIpc) is 2.30. The lowest BCUT2D eigenvalue weighted by molar-refractivity contribution is -0.277. The lowest BCUT2D eigenvalue weighted by Crippen LogP contribution is -2.60. The maximum atomic E-state index is 5.95. The summed E-state index contributed by atoms with van der Waals surface area (Å²) in [7, 11) is 3.37. The molecule has 0 heterocycles. The lowest BCUT2D eigenvalue weighted by atomic mass is 9.60. The molecule has 0 saturated heterocycles. The van der Waals surface area contributed by atoms with Crippen molar-refractivity contribution < 1.29 is 9.47 Å². The van der Waals surface area contributed by atoms with E-state index in [1.807, 2.05) is 12.1 Å². The van der Waals surface area contributed by atoms with E-state index in [9.17, 15) is 0 Å². The summed E-state index contributed by atoms with van der Waals surface area (Å²) < 4.78 is 12.0. The van der Waals surface area contributed by atoms with Crippen LogP contribution in [0.3, 0.4) is 0 Å². The first-order chi connectivity index (χ1) is 8.10. The van der Waals surface area contributed by atoms with Gasteiger partial charge >= 0.3 is 0 Å². The van der Waals surface area contributed by atoms with Gasteiger partial charge in [0.1, 0.15) is 0 Å². The van der Waals surface area contributed by atoms with Crippen molar-refractivity contribution in [2.75, 3.05) is 20.8 Å². The predicted molar refractivity (Wildman–Crippen MR) is 70.9 cm³/mol. The van der Waals surface area contributed by atoms with Crippen LogP contribution in [0.25, 0.3) is 0 Å². The van der Waals surface area contributed by atoms with E-state index in [0.717, 1.165) is 17.3 Å². The van der Waals surface area contributed by atoms with Crippen LogP contribution < -0.4 is 5.73 Å². The van der Waals surface area contributed by atoms with Gasteiger partial charge in [0, 0.05) is 43.5 Å². The molecule has 0 atom stereocenters. The maximum Gasteiger partial charge on any atom is 0.169 e. The fraction of sp³-hybridized carbons (Fsp3) is 0.538. The first-order valence-corrected chi connectivity index (χ1v) is 6.45. The largest absolute Gasteiger partial charge is 0.353 e. The highest BCUT2D eigenvalue weighted by Gasteiger charge is 2.55. The molecule has 1 aliphatic carbocycles. The van der Waals surface area contributed by atoms with Gasteiger partial charge in [-0.05, 0) is 17.7 Å². The summed E-state index contributed by atoms with van der Waals surface area (Å²) in [5.74, 6) is -0.457. The second-order valence-corrected chi connectivity index (χ2v) is 5.58. The molecule has 0 radical (unpaired) electrons. The summed E-state index contributed by atoms with van der Waals surface area (Å²) in [6.07, 6.45) is 1.61. The Labute approximate surface area is 110 Å². The Morgan fingerprint density at radius 1 is 1.29 bits per heavy atom. The quantitative estimate of drug-likeness (QED) is 0.869. The molecular formula is C13H18BrNO2. The van der Waals surface area contributed by atoms with Crippen LogP contribution in [-0.4, -0.2) is 26.6 Å². The summed E-state index contributed by atoms with van der Waals surface area (Å²) in [5, 5.41) is 0. The smallest absolute Gasteiger partial charge is 0.169 e. The molecule has 1 aliphatic rings. The van der Waals surface area contributed by atoms with Gasteiger partial charge in [0.25, 0.3) is 0 Å². The third-order valence-corrected chi connectivity index (χ3v) is 4.28. The van der Waals surface area contributed by atoms with Crippen LogP contribution >= 0.6 is 15.9 Å². The van der Waals surface area contributed by atoms with Crippen molar-refractivity contribution in [3.8, 4) is 0 Å². The van der Waals surface area contributed by atoms with Crippen LogP contribution in [0.5, 0.6) is 0 Å². The van der Waals surface area contributed by atoms with Crippen LogP contribution in [0.15, 0.2) is 28.7 Å². The molecule has 2 rings (SSSR count). The topological polar surface area (TPSA) is 44.5 Å². The molecule has 0 spiro atoms. The van der Waals surface area contributed by atoms with Gasteiger partial charge in [-0.1, -0.05) is 28.1 Å². The van der Waals surface area contributed by atoms with Crippen molar-refractivity contribution in [3.05, 3.63) is 34.3 Å². The zero-order valence-corrected chi connectivity index (χ0v) is 11.8. The number of hydrogen-bond acceptors (Lipinski definition) is 3. The van der Waals surface area contributed by atoms with Gasteiger partial charge in [-0.25, -0.2) is 0 Å². The molecule has 0 aromatic heterocycles. The van der Waals surface area contributed by atoms with Crippen LogP contribution in [0.2, 0.25) is 0 Å². The number of nitrogens with two attached hydrogens (primary N) is 1. The molecule has 94 valence electrons. The molecule has 3 nitrogen and oxygen atoms in total. The first kappa shape index (κ1) is 13.0. The fourth-order valence-electron chi connectivity index (χ4n) is 2.64. The highest BCUT2D eigenvalue weighted by atomic mass is 79.9. The van der Waals surface area contributed by atoms with E-state index < -0.39 is 5.79 Å². The van der Waals surface area contributed by atoms with Gasteiger partial charge in [0.05, 0.1) is 0 Å². The van der Waals surface area contributed by atoms with Gasteiger partial charge in [-0.2, -0.15) is 0 Å². The number of rotatable bonds is 4. The van der Waals surface area contributed by atoms with Gasteiger partial charge in [-0.3, -0.25) is 0 Å². The fourth-order valence-corrected chi connectivity index (χ4v) is 3.04. The minimum atomic E-state index is -0.457. The Bertz CT molecular complexity index is 396. The predicted octanol–water partition coefficient (Wildman–Crippen LogP) is 2.43. The third kappa shape index (κ3) is 2.15. The zero-order valence-electron chi connectivity index (χ0n) is 10.2. The summed E-state index contributed by atoms with van der Waals surface area (Å²) >= 11 is 3.50. The van der Waals surface area contributed by atoms with Crippen molar-refractivity contribution in [2.45, 2.75) is 24.0 Å². The molecule has 1 aromatic carbocycles. The minimum Gasteiger partial charge on any atom is -0.353 e.